The van der Waals surface area contributed by atoms with Gasteiger partial charge in [-0.25, -0.2) is 0 Å². The molecule has 0 radical (unpaired) electrons. The number of benzene rings is 2. The Balaban J connectivity index is 1.92. The molecule has 0 aromatic heterocycles. The van der Waals surface area contributed by atoms with Crippen LogP contribution in [0, 0.1) is 0 Å². The van der Waals surface area contributed by atoms with Gasteiger partial charge in [-0.15, -0.1) is 0 Å². The molecule has 20 heavy (non-hydrogen) atoms. The standard InChI is InChI=1S/C15H14Br2N2O/c16-11-5-6-14(13(17)9-11)19-15(20)7-4-10-2-1-3-12(18)8-10/h1-3,5-6,8-9H,4,7,18H2,(H,19,20). The number of rotatable bonds is 4. The van der Waals surface area contributed by atoms with Gasteiger partial charge in [0, 0.05) is 21.1 Å². The first-order valence-corrected chi connectivity index (χ1v) is 7.72. The van der Waals surface area contributed by atoms with E-state index in [1.165, 1.54) is 0 Å². The Labute approximate surface area is 134 Å². The number of hydrogen-bond donors (Lipinski definition) is 2. The summed E-state index contributed by atoms with van der Waals surface area (Å²) in [6.07, 6.45) is 1.09. The van der Waals surface area contributed by atoms with Crippen molar-refractivity contribution < 1.29 is 4.79 Å². The van der Waals surface area contributed by atoms with E-state index in [1.54, 1.807) is 0 Å². The maximum Gasteiger partial charge on any atom is 0.224 e. The van der Waals surface area contributed by atoms with Crippen LogP contribution < -0.4 is 11.1 Å². The van der Waals surface area contributed by atoms with Crippen molar-refractivity contribution in [2.24, 2.45) is 0 Å². The number of nitrogens with two attached hydrogens (primary N) is 1. The van der Waals surface area contributed by atoms with Gasteiger partial charge in [0.05, 0.1) is 5.69 Å². The maximum absolute atomic E-state index is 11.9. The predicted molar refractivity (Wildman–Crippen MR) is 89.6 cm³/mol. The molecule has 0 atom stereocenters. The summed E-state index contributed by atoms with van der Waals surface area (Å²) in [7, 11) is 0. The van der Waals surface area contributed by atoms with Gasteiger partial charge in [-0.3, -0.25) is 4.79 Å². The first-order chi connectivity index (χ1) is 9.54. The molecular formula is C15H14Br2N2O. The topological polar surface area (TPSA) is 55.1 Å². The minimum atomic E-state index is -0.0181. The van der Waals surface area contributed by atoms with Crippen LogP contribution in [0.4, 0.5) is 11.4 Å². The first kappa shape index (κ1) is 15.1. The minimum absolute atomic E-state index is 0.0181. The van der Waals surface area contributed by atoms with Gasteiger partial charge in [0.25, 0.3) is 0 Å². The van der Waals surface area contributed by atoms with Crippen LogP contribution in [-0.2, 0) is 11.2 Å². The summed E-state index contributed by atoms with van der Waals surface area (Å²) in [6.45, 7) is 0. The quantitative estimate of drug-likeness (QED) is 0.752. The minimum Gasteiger partial charge on any atom is -0.399 e. The van der Waals surface area contributed by atoms with Gasteiger partial charge in [-0.05, 0) is 58.2 Å². The summed E-state index contributed by atoms with van der Waals surface area (Å²) >= 11 is 6.80. The van der Waals surface area contributed by atoms with Crippen LogP contribution in [0.25, 0.3) is 0 Å². The van der Waals surface area contributed by atoms with Crippen molar-refractivity contribution >= 4 is 49.1 Å². The Morgan fingerprint density at radius 2 is 1.95 bits per heavy atom. The van der Waals surface area contributed by atoms with Crippen molar-refractivity contribution in [3.05, 3.63) is 57.0 Å². The Kier molecular flexibility index (Phi) is 5.20. The highest BCUT2D eigenvalue weighted by atomic mass is 79.9. The molecule has 0 unspecified atom stereocenters. The van der Waals surface area contributed by atoms with E-state index in [0.717, 1.165) is 25.9 Å². The van der Waals surface area contributed by atoms with Crippen molar-refractivity contribution in [3.63, 3.8) is 0 Å². The van der Waals surface area contributed by atoms with Crippen molar-refractivity contribution in [2.75, 3.05) is 11.1 Å². The molecule has 0 bridgehead atoms. The molecule has 0 heterocycles. The summed E-state index contributed by atoms with van der Waals surface area (Å²) in [6, 6.07) is 13.2. The van der Waals surface area contributed by atoms with E-state index < -0.39 is 0 Å². The van der Waals surface area contributed by atoms with Gasteiger partial charge in [0.1, 0.15) is 0 Å². The number of halogens is 2. The zero-order chi connectivity index (χ0) is 14.5. The lowest BCUT2D eigenvalue weighted by atomic mass is 10.1. The van der Waals surface area contributed by atoms with Gasteiger partial charge in [-0.2, -0.15) is 0 Å². The van der Waals surface area contributed by atoms with Crippen LogP contribution in [0.1, 0.15) is 12.0 Å². The summed E-state index contributed by atoms with van der Waals surface area (Å²) in [5.74, 6) is -0.0181. The largest absolute Gasteiger partial charge is 0.399 e. The number of carbonyl (C=O) groups excluding carboxylic acids is 1. The molecule has 2 rings (SSSR count). The highest BCUT2D eigenvalue weighted by molar-refractivity contribution is 9.11. The molecule has 104 valence electrons. The summed E-state index contributed by atoms with van der Waals surface area (Å²) in [4.78, 5) is 11.9. The van der Waals surface area contributed by atoms with E-state index >= 15 is 0 Å². The lowest BCUT2D eigenvalue weighted by molar-refractivity contribution is -0.116. The van der Waals surface area contributed by atoms with E-state index in [0.29, 0.717) is 12.8 Å². The van der Waals surface area contributed by atoms with Crippen LogP contribution in [-0.4, -0.2) is 5.91 Å². The molecule has 3 N–H and O–H groups in total. The van der Waals surface area contributed by atoms with Gasteiger partial charge in [0.15, 0.2) is 0 Å². The Bertz CT molecular complexity index is 629. The van der Waals surface area contributed by atoms with Crippen molar-refractivity contribution in [1.29, 1.82) is 0 Å². The number of nitrogen functional groups attached to an aromatic ring is 1. The number of hydrogen-bond acceptors (Lipinski definition) is 2. The third kappa shape index (κ3) is 4.35. The molecule has 0 fully saturated rings. The van der Waals surface area contributed by atoms with Crippen LogP contribution in [0.3, 0.4) is 0 Å². The van der Waals surface area contributed by atoms with Crippen LogP contribution in [0.15, 0.2) is 51.4 Å². The van der Waals surface area contributed by atoms with E-state index in [2.05, 4.69) is 37.2 Å². The fourth-order valence-corrected chi connectivity index (χ4v) is 2.96. The van der Waals surface area contributed by atoms with Crippen LogP contribution in [0.2, 0.25) is 0 Å². The summed E-state index contributed by atoms with van der Waals surface area (Å²) < 4.78 is 1.81. The fourth-order valence-electron chi connectivity index (χ4n) is 1.81. The van der Waals surface area contributed by atoms with Crippen molar-refractivity contribution in [1.82, 2.24) is 0 Å². The van der Waals surface area contributed by atoms with Gasteiger partial charge in [-0.1, -0.05) is 28.1 Å². The van der Waals surface area contributed by atoms with Crippen molar-refractivity contribution in [3.8, 4) is 0 Å². The third-order valence-electron chi connectivity index (χ3n) is 2.80. The second-order valence-corrected chi connectivity index (χ2v) is 6.19. The van der Waals surface area contributed by atoms with Gasteiger partial charge < -0.3 is 11.1 Å². The van der Waals surface area contributed by atoms with E-state index in [9.17, 15) is 4.79 Å². The lowest BCUT2D eigenvalue weighted by Crippen LogP contribution is -2.12. The second kappa shape index (κ2) is 6.90. The normalized spacial score (nSPS) is 10.3. The molecule has 0 aliphatic carbocycles. The maximum atomic E-state index is 11.9. The predicted octanol–water partition coefficient (Wildman–Crippen LogP) is 4.37. The molecule has 3 nitrogen and oxygen atoms in total. The van der Waals surface area contributed by atoms with Crippen LogP contribution in [0.5, 0.6) is 0 Å². The molecule has 1 amide bonds. The molecule has 0 aliphatic rings. The zero-order valence-electron chi connectivity index (χ0n) is 10.7. The Hall–Kier alpha value is -1.33. The second-order valence-electron chi connectivity index (χ2n) is 4.42. The van der Waals surface area contributed by atoms with E-state index in [4.69, 9.17) is 5.73 Å². The molecular weight excluding hydrogens is 384 g/mol. The Morgan fingerprint density at radius 1 is 1.15 bits per heavy atom. The number of amides is 1. The number of nitrogens with one attached hydrogen (secondary N) is 1. The molecule has 0 spiro atoms. The lowest BCUT2D eigenvalue weighted by Gasteiger charge is -2.08. The first-order valence-electron chi connectivity index (χ1n) is 6.14. The fraction of sp³-hybridized carbons (Fsp3) is 0.133. The average molecular weight is 398 g/mol. The zero-order valence-corrected chi connectivity index (χ0v) is 13.9. The molecule has 2 aromatic carbocycles. The highest BCUT2D eigenvalue weighted by Crippen LogP contribution is 2.26. The molecule has 5 heteroatoms. The van der Waals surface area contributed by atoms with Gasteiger partial charge >= 0.3 is 0 Å². The molecule has 0 saturated heterocycles. The summed E-state index contributed by atoms with van der Waals surface area (Å²) in [5, 5.41) is 2.88. The average Bonchev–Trinajstić information content (AvgIpc) is 2.40. The molecule has 0 aliphatic heterocycles. The highest BCUT2D eigenvalue weighted by Gasteiger charge is 2.06. The van der Waals surface area contributed by atoms with Crippen molar-refractivity contribution in [2.45, 2.75) is 12.8 Å². The number of aryl methyl sites for hydroxylation is 1. The SMILES string of the molecule is Nc1cccc(CCC(=O)Nc2ccc(Br)cc2Br)c1. The monoisotopic (exact) mass is 396 g/mol. The number of carbonyl (C=O) groups is 1. The smallest absolute Gasteiger partial charge is 0.224 e. The van der Waals surface area contributed by atoms with E-state index in [-0.39, 0.29) is 5.91 Å². The van der Waals surface area contributed by atoms with Gasteiger partial charge in [0.2, 0.25) is 5.91 Å². The Morgan fingerprint density at radius 3 is 2.65 bits per heavy atom. The third-order valence-corrected chi connectivity index (χ3v) is 3.95. The van der Waals surface area contributed by atoms with E-state index in [1.807, 2.05) is 42.5 Å². The number of anilines is 2. The summed E-state index contributed by atoms with van der Waals surface area (Å²) in [5.41, 5.74) is 8.27. The van der Waals surface area contributed by atoms with Crippen LogP contribution >= 0.6 is 31.9 Å². The molecule has 0 saturated carbocycles. The molecule has 2 aromatic rings.